The van der Waals surface area contributed by atoms with Gasteiger partial charge >= 0.3 is 5.97 Å². The van der Waals surface area contributed by atoms with Gasteiger partial charge < -0.3 is 15.2 Å². The van der Waals surface area contributed by atoms with E-state index in [0.29, 0.717) is 13.0 Å². The van der Waals surface area contributed by atoms with Crippen molar-refractivity contribution in [2.24, 2.45) is 0 Å². The SMILES string of the molecule is COC(=O)CCCc1ccc(NCCO)cc1. The highest BCUT2D eigenvalue weighted by atomic mass is 16.5. The Kier molecular flexibility index (Phi) is 6.10. The van der Waals surface area contributed by atoms with Gasteiger partial charge in [-0.05, 0) is 30.5 Å². The molecule has 4 heteroatoms. The molecule has 0 aromatic heterocycles. The Hall–Kier alpha value is -1.55. The number of benzene rings is 1. The summed E-state index contributed by atoms with van der Waals surface area (Å²) >= 11 is 0. The van der Waals surface area contributed by atoms with Crippen molar-refractivity contribution in [2.45, 2.75) is 19.3 Å². The number of aryl methyl sites for hydroxylation is 1. The Labute approximate surface area is 102 Å². The summed E-state index contributed by atoms with van der Waals surface area (Å²) in [7, 11) is 1.41. The van der Waals surface area contributed by atoms with Gasteiger partial charge in [0.2, 0.25) is 0 Å². The van der Waals surface area contributed by atoms with E-state index in [4.69, 9.17) is 5.11 Å². The van der Waals surface area contributed by atoms with E-state index in [9.17, 15) is 4.79 Å². The number of esters is 1. The Morgan fingerprint density at radius 2 is 2.06 bits per heavy atom. The minimum absolute atomic E-state index is 0.126. The second-order valence-corrected chi connectivity index (χ2v) is 3.78. The second kappa shape index (κ2) is 7.68. The number of hydrogen-bond donors (Lipinski definition) is 2. The average Bonchev–Trinajstić information content (AvgIpc) is 2.37. The van der Waals surface area contributed by atoms with E-state index in [0.717, 1.165) is 18.5 Å². The van der Waals surface area contributed by atoms with Gasteiger partial charge in [0.1, 0.15) is 0 Å². The summed E-state index contributed by atoms with van der Waals surface area (Å²) in [5.41, 5.74) is 2.19. The first-order chi connectivity index (χ1) is 8.26. The topological polar surface area (TPSA) is 58.6 Å². The molecule has 0 amide bonds. The molecule has 2 N–H and O–H groups in total. The number of nitrogens with one attached hydrogen (secondary N) is 1. The van der Waals surface area contributed by atoms with Gasteiger partial charge in [-0.15, -0.1) is 0 Å². The predicted octanol–water partition coefficient (Wildman–Crippen LogP) is 1.59. The molecule has 0 aliphatic heterocycles. The van der Waals surface area contributed by atoms with E-state index in [1.165, 1.54) is 12.7 Å². The van der Waals surface area contributed by atoms with Crippen LogP contribution in [0.4, 0.5) is 5.69 Å². The van der Waals surface area contributed by atoms with Crippen molar-refractivity contribution in [3.63, 3.8) is 0 Å². The smallest absolute Gasteiger partial charge is 0.305 e. The maximum absolute atomic E-state index is 10.9. The molecule has 0 aliphatic rings. The lowest BCUT2D eigenvalue weighted by molar-refractivity contribution is -0.140. The van der Waals surface area contributed by atoms with Gasteiger partial charge in [-0.2, -0.15) is 0 Å². The molecule has 1 rings (SSSR count). The first kappa shape index (κ1) is 13.5. The number of aliphatic hydroxyl groups is 1. The minimum Gasteiger partial charge on any atom is -0.469 e. The van der Waals surface area contributed by atoms with E-state index in [1.807, 2.05) is 24.3 Å². The zero-order valence-corrected chi connectivity index (χ0v) is 10.1. The summed E-state index contributed by atoms with van der Waals surface area (Å²) in [6, 6.07) is 8.00. The zero-order chi connectivity index (χ0) is 12.5. The number of aliphatic hydroxyl groups excluding tert-OH is 1. The highest BCUT2D eigenvalue weighted by Crippen LogP contribution is 2.11. The van der Waals surface area contributed by atoms with E-state index in [2.05, 4.69) is 10.1 Å². The van der Waals surface area contributed by atoms with Gasteiger partial charge in [0.15, 0.2) is 0 Å². The molecule has 0 atom stereocenters. The standard InChI is InChI=1S/C13H19NO3/c1-17-13(16)4-2-3-11-5-7-12(8-6-11)14-9-10-15/h5-8,14-15H,2-4,9-10H2,1H3. The van der Waals surface area contributed by atoms with Crippen LogP contribution in [0.1, 0.15) is 18.4 Å². The molecular formula is C13H19NO3. The third-order valence-electron chi connectivity index (χ3n) is 2.47. The Balaban J connectivity index is 2.32. The van der Waals surface area contributed by atoms with Crippen LogP contribution in [-0.4, -0.2) is 31.3 Å². The normalized spacial score (nSPS) is 10.0. The first-order valence-electron chi connectivity index (χ1n) is 5.76. The monoisotopic (exact) mass is 237 g/mol. The van der Waals surface area contributed by atoms with Gasteiger partial charge in [-0.25, -0.2) is 0 Å². The fourth-order valence-electron chi connectivity index (χ4n) is 1.53. The molecule has 0 radical (unpaired) electrons. The molecule has 0 spiro atoms. The summed E-state index contributed by atoms with van der Waals surface area (Å²) in [6.07, 6.45) is 2.13. The molecule has 1 aromatic rings. The largest absolute Gasteiger partial charge is 0.469 e. The highest BCUT2D eigenvalue weighted by Gasteiger charge is 2.00. The molecule has 1 aromatic carbocycles. The Morgan fingerprint density at radius 3 is 2.65 bits per heavy atom. The minimum atomic E-state index is -0.161. The lowest BCUT2D eigenvalue weighted by Gasteiger charge is -2.05. The summed E-state index contributed by atoms with van der Waals surface area (Å²) < 4.78 is 4.58. The van der Waals surface area contributed by atoms with Crippen LogP contribution in [0, 0.1) is 0 Å². The number of carbonyl (C=O) groups excluding carboxylic acids is 1. The molecule has 0 unspecified atom stereocenters. The fourth-order valence-corrected chi connectivity index (χ4v) is 1.53. The van der Waals surface area contributed by atoms with Gasteiger partial charge in [0.05, 0.1) is 13.7 Å². The molecule has 0 aliphatic carbocycles. The van der Waals surface area contributed by atoms with Crippen molar-refractivity contribution in [3.8, 4) is 0 Å². The van der Waals surface area contributed by atoms with Crippen LogP contribution in [0.25, 0.3) is 0 Å². The van der Waals surface area contributed by atoms with Crippen LogP contribution >= 0.6 is 0 Å². The summed E-state index contributed by atoms with van der Waals surface area (Å²) in [6.45, 7) is 0.683. The number of rotatable bonds is 7. The predicted molar refractivity (Wildman–Crippen MR) is 67.0 cm³/mol. The van der Waals surface area contributed by atoms with Crippen molar-refractivity contribution in [3.05, 3.63) is 29.8 Å². The van der Waals surface area contributed by atoms with E-state index < -0.39 is 0 Å². The first-order valence-corrected chi connectivity index (χ1v) is 5.76. The lowest BCUT2D eigenvalue weighted by atomic mass is 10.1. The van der Waals surface area contributed by atoms with Crippen LogP contribution < -0.4 is 5.32 Å². The molecule has 0 saturated carbocycles. The molecule has 17 heavy (non-hydrogen) atoms. The zero-order valence-electron chi connectivity index (χ0n) is 10.1. The highest BCUT2D eigenvalue weighted by molar-refractivity contribution is 5.69. The summed E-state index contributed by atoms with van der Waals surface area (Å²) in [5, 5.41) is 11.7. The van der Waals surface area contributed by atoms with Crippen LogP contribution in [0.15, 0.2) is 24.3 Å². The molecule has 0 fully saturated rings. The molecule has 0 bridgehead atoms. The number of carbonyl (C=O) groups is 1. The quantitative estimate of drug-likeness (QED) is 0.707. The fraction of sp³-hybridized carbons (Fsp3) is 0.462. The van der Waals surface area contributed by atoms with Gasteiger partial charge in [-0.3, -0.25) is 4.79 Å². The summed E-state index contributed by atoms with van der Waals surface area (Å²) in [5.74, 6) is -0.161. The molecule has 0 saturated heterocycles. The van der Waals surface area contributed by atoms with Crippen molar-refractivity contribution in [2.75, 3.05) is 25.6 Å². The number of anilines is 1. The maximum Gasteiger partial charge on any atom is 0.305 e. The van der Waals surface area contributed by atoms with E-state index >= 15 is 0 Å². The van der Waals surface area contributed by atoms with Crippen LogP contribution in [-0.2, 0) is 16.0 Å². The Morgan fingerprint density at radius 1 is 1.35 bits per heavy atom. The van der Waals surface area contributed by atoms with Gasteiger partial charge in [0, 0.05) is 18.7 Å². The third-order valence-corrected chi connectivity index (χ3v) is 2.47. The van der Waals surface area contributed by atoms with Crippen molar-refractivity contribution in [1.82, 2.24) is 0 Å². The lowest BCUT2D eigenvalue weighted by Crippen LogP contribution is -2.05. The Bertz CT molecular complexity index is 335. The van der Waals surface area contributed by atoms with Crippen LogP contribution in [0.5, 0.6) is 0 Å². The van der Waals surface area contributed by atoms with Crippen molar-refractivity contribution >= 4 is 11.7 Å². The van der Waals surface area contributed by atoms with Gasteiger partial charge in [-0.1, -0.05) is 12.1 Å². The number of ether oxygens (including phenoxy) is 1. The molecule has 4 nitrogen and oxygen atoms in total. The number of hydrogen-bond acceptors (Lipinski definition) is 4. The molecule has 0 heterocycles. The van der Waals surface area contributed by atoms with E-state index in [-0.39, 0.29) is 12.6 Å². The van der Waals surface area contributed by atoms with E-state index in [1.54, 1.807) is 0 Å². The summed E-state index contributed by atoms with van der Waals surface area (Å²) in [4.78, 5) is 10.9. The third kappa shape index (κ3) is 5.36. The van der Waals surface area contributed by atoms with Gasteiger partial charge in [0.25, 0.3) is 0 Å². The average molecular weight is 237 g/mol. The molecule has 94 valence electrons. The maximum atomic E-state index is 10.9. The van der Waals surface area contributed by atoms with Crippen molar-refractivity contribution < 1.29 is 14.6 Å². The van der Waals surface area contributed by atoms with Crippen molar-refractivity contribution in [1.29, 1.82) is 0 Å². The van der Waals surface area contributed by atoms with Crippen LogP contribution in [0.3, 0.4) is 0 Å². The second-order valence-electron chi connectivity index (χ2n) is 3.78. The number of methoxy groups -OCH3 is 1. The molecular weight excluding hydrogens is 218 g/mol. The van der Waals surface area contributed by atoms with Crippen LogP contribution in [0.2, 0.25) is 0 Å².